The summed E-state index contributed by atoms with van der Waals surface area (Å²) < 4.78 is 19.0. The summed E-state index contributed by atoms with van der Waals surface area (Å²) in [7, 11) is 0. The summed E-state index contributed by atoms with van der Waals surface area (Å²) in [6.45, 7) is 2.59. The molecule has 6 heteroatoms. The van der Waals surface area contributed by atoms with Gasteiger partial charge in [0, 0.05) is 18.2 Å². The Hall–Kier alpha value is -3.67. The van der Waals surface area contributed by atoms with Gasteiger partial charge < -0.3 is 15.0 Å². The number of hydrogen-bond donors (Lipinski definition) is 1. The Balaban J connectivity index is 1.38. The second-order valence-electron chi connectivity index (χ2n) is 9.78. The standard InChI is InChI=1S/C30H31FN2O3/c1-20-5-4-8-23(17-20)29-27-18-26(36-19-28(34)32-25-12-10-24(31)11-13-25)14-9-21(27)15-16-33(29)30(35)22-6-2-3-7-22/h4-5,8-14,17-18,22,29H,2-3,6-7,15-16,19H2,1H3,(H,32,34)/t29-/m0/s1. The number of fused-ring (bicyclic) bond motifs is 1. The first kappa shape index (κ1) is 24.0. The molecule has 0 radical (unpaired) electrons. The Labute approximate surface area is 211 Å². The van der Waals surface area contributed by atoms with Crippen LogP contribution in [0, 0.1) is 18.7 Å². The number of ether oxygens (including phenoxy) is 1. The zero-order valence-electron chi connectivity index (χ0n) is 20.5. The maximum Gasteiger partial charge on any atom is 0.262 e. The van der Waals surface area contributed by atoms with Gasteiger partial charge in [0.25, 0.3) is 5.91 Å². The number of aryl methyl sites for hydroxylation is 1. The zero-order valence-corrected chi connectivity index (χ0v) is 20.5. The minimum Gasteiger partial charge on any atom is -0.484 e. The fraction of sp³-hybridized carbons (Fsp3) is 0.333. The Kier molecular flexibility index (Phi) is 7.03. The molecule has 0 bridgehead atoms. The second kappa shape index (κ2) is 10.5. The highest BCUT2D eigenvalue weighted by molar-refractivity contribution is 5.91. The molecule has 1 heterocycles. The van der Waals surface area contributed by atoms with Crippen LogP contribution in [0.4, 0.5) is 10.1 Å². The van der Waals surface area contributed by atoms with E-state index in [0.29, 0.717) is 18.0 Å². The molecule has 0 saturated heterocycles. The number of carbonyl (C=O) groups is 2. The second-order valence-corrected chi connectivity index (χ2v) is 9.78. The maximum atomic E-state index is 13.6. The summed E-state index contributed by atoms with van der Waals surface area (Å²) in [5, 5.41) is 2.71. The molecular weight excluding hydrogens is 455 g/mol. The number of halogens is 1. The molecule has 1 aliphatic heterocycles. The lowest BCUT2D eigenvalue weighted by atomic mass is 9.86. The van der Waals surface area contributed by atoms with Crippen LogP contribution in [-0.2, 0) is 16.0 Å². The summed E-state index contributed by atoms with van der Waals surface area (Å²) >= 11 is 0. The van der Waals surface area contributed by atoms with Crippen molar-refractivity contribution in [3.05, 3.63) is 94.8 Å². The van der Waals surface area contributed by atoms with Crippen LogP contribution < -0.4 is 10.1 Å². The lowest BCUT2D eigenvalue weighted by molar-refractivity contribution is -0.137. The number of benzene rings is 3. The monoisotopic (exact) mass is 486 g/mol. The smallest absolute Gasteiger partial charge is 0.262 e. The van der Waals surface area contributed by atoms with Gasteiger partial charge in [-0.15, -0.1) is 0 Å². The minimum atomic E-state index is -0.359. The fourth-order valence-electron chi connectivity index (χ4n) is 5.41. The first-order chi connectivity index (χ1) is 17.5. The van der Waals surface area contributed by atoms with Crippen LogP contribution in [0.3, 0.4) is 0 Å². The van der Waals surface area contributed by atoms with Gasteiger partial charge in [-0.2, -0.15) is 0 Å². The molecule has 2 amide bonds. The highest BCUT2D eigenvalue weighted by Gasteiger charge is 2.36. The van der Waals surface area contributed by atoms with Gasteiger partial charge in [-0.05, 0) is 79.3 Å². The van der Waals surface area contributed by atoms with Gasteiger partial charge in [-0.1, -0.05) is 48.7 Å². The fourth-order valence-corrected chi connectivity index (χ4v) is 5.41. The summed E-state index contributed by atoms with van der Waals surface area (Å²) in [5.41, 5.74) is 5.00. The summed E-state index contributed by atoms with van der Waals surface area (Å²) in [4.78, 5) is 28.0. The highest BCUT2D eigenvalue weighted by Crippen LogP contribution is 2.39. The molecule has 186 valence electrons. The number of rotatable bonds is 6. The molecule has 1 N–H and O–H groups in total. The largest absolute Gasteiger partial charge is 0.484 e. The minimum absolute atomic E-state index is 0.105. The van der Waals surface area contributed by atoms with Gasteiger partial charge in [0.1, 0.15) is 11.6 Å². The third-order valence-electron chi connectivity index (χ3n) is 7.19. The lowest BCUT2D eigenvalue weighted by Gasteiger charge is -2.39. The van der Waals surface area contributed by atoms with E-state index in [1.165, 1.54) is 29.8 Å². The number of carbonyl (C=O) groups excluding carboxylic acids is 2. The number of hydrogen-bond acceptors (Lipinski definition) is 3. The lowest BCUT2D eigenvalue weighted by Crippen LogP contribution is -2.43. The molecule has 1 fully saturated rings. The van der Waals surface area contributed by atoms with Crippen LogP contribution in [0.1, 0.15) is 54.0 Å². The van der Waals surface area contributed by atoms with Crippen LogP contribution in [0.2, 0.25) is 0 Å². The van der Waals surface area contributed by atoms with Crippen molar-refractivity contribution in [2.75, 3.05) is 18.5 Å². The first-order valence-electron chi connectivity index (χ1n) is 12.7. The third kappa shape index (κ3) is 5.27. The van der Waals surface area contributed by atoms with Crippen molar-refractivity contribution in [2.45, 2.75) is 45.1 Å². The Morgan fingerprint density at radius 1 is 1.03 bits per heavy atom. The average molecular weight is 487 g/mol. The van der Waals surface area contributed by atoms with Crippen molar-refractivity contribution >= 4 is 17.5 Å². The molecule has 36 heavy (non-hydrogen) atoms. The number of amides is 2. The molecule has 1 aliphatic carbocycles. The molecular formula is C30H31FN2O3. The zero-order chi connectivity index (χ0) is 25.1. The maximum absolute atomic E-state index is 13.6. The SMILES string of the molecule is Cc1cccc([C@H]2c3cc(OCC(=O)Nc4ccc(F)cc4)ccc3CCN2C(=O)C2CCCC2)c1. The van der Waals surface area contributed by atoms with Gasteiger partial charge in [0.15, 0.2) is 6.61 Å². The molecule has 1 atom stereocenters. The van der Waals surface area contributed by atoms with Crippen LogP contribution >= 0.6 is 0 Å². The molecule has 0 aromatic heterocycles. The summed E-state index contributed by atoms with van der Waals surface area (Å²) in [5.74, 6) is 0.244. The van der Waals surface area contributed by atoms with Crippen LogP contribution in [0.5, 0.6) is 5.75 Å². The van der Waals surface area contributed by atoms with Crippen molar-refractivity contribution in [3.8, 4) is 5.75 Å². The Bertz CT molecular complexity index is 1250. The van der Waals surface area contributed by atoms with E-state index in [2.05, 4.69) is 35.3 Å². The van der Waals surface area contributed by atoms with Crippen molar-refractivity contribution < 1.29 is 18.7 Å². The Morgan fingerprint density at radius 2 is 1.81 bits per heavy atom. The molecule has 0 unspecified atom stereocenters. The van der Waals surface area contributed by atoms with Gasteiger partial charge >= 0.3 is 0 Å². The summed E-state index contributed by atoms with van der Waals surface area (Å²) in [6.07, 6.45) is 4.97. The number of anilines is 1. The van der Waals surface area contributed by atoms with E-state index >= 15 is 0 Å². The van der Waals surface area contributed by atoms with Crippen LogP contribution in [-0.4, -0.2) is 29.9 Å². The van der Waals surface area contributed by atoms with E-state index in [1.807, 2.05) is 24.3 Å². The van der Waals surface area contributed by atoms with Crippen molar-refractivity contribution in [1.29, 1.82) is 0 Å². The van der Waals surface area contributed by atoms with E-state index < -0.39 is 0 Å². The third-order valence-corrected chi connectivity index (χ3v) is 7.19. The van der Waals surface area contributed by atoms with Crippen LogP contribution in [0.25, 0.3) is 0 Å². The number of nitrogens with zero attached hydrogens (tertiary/aromatic N) is 1. The molecule has 3 aromatic carbocycles. The topological polar surface area (TPSA) is 58.6 Å². The predicted octanol–water partition coefficient (Wildman–Crippen LogP) is 5.82. The first-order valence-corrected chi connectivity index (χ1v) is 12.7. The van der Waals surface area contributed by atoms with Crippen LogP contribution in [0.15, 0.2) is 66.7 Å². The number of nitrogens with one attached hydrogen (secondary N) is 1. The summed E-state index contributed by atoms with van der Waals surface area (Å²) in [6, 6.07) is 19.7. The van der Waals surface area contributed by atoms with E-state index in [0.717, 1.165) is 48.8 Å². The molecule has 0 spiro atoms. The molecule has 5 nitrogen and oxygen atoms in total. The Morgan fingerprint density at radius 3 is 2.56 bits per heavy atom. The van der Waals surface area contributed by atoms with Gasteiger partial charge in [0.05, 0.1) is 6.04 Å². The van der Waals surface area contributed by atoms with Crippen molar-refractivity contribution in [1.82, 2.24) is 4.90 Å². The van der Waals surface area contributed by atoms with Gasteiger partial charge in [-0.25, -0.2) is 4.39 Å². The highest BCUT2D eigenvalue weighted by atomic mass is 19.1. The molecule has 3 aromatic rings. The molecule has 5 rings (SSSR count). The van der Waals surface area contributed by atoms with Crippen molar-refractivity contribution in [2.24, 2.45) is 5.92 Å². The average Bonchev–Trinajstić information content (AvgIpc) is 3.43. The van der Waals surface area contributed by atoms with E-state index in [-0.39, 0.29) is 36.2 Å². The molecule has 1 saturated carbocycles. The predicted molar refractivity (Wildman–Crippen MR) is 137 cm³/mol. The van der Waals surface area contributed by atoms with Gasteiger partial charge in [0.2, 0.25) is 5.91 Å². The van der Waals surface area contributed by atoms with Crippen molar-refractivity contribution in [3.63, 3.8) is 0 Å². The van der Waals surface area contributed by atoms with Gasteiger partial charge in [-0.3, -0.25) is 9.59 Å². The normalized spacial score (nSPS) is 17.5. The quantitative estimate of drug-likeness (QED) is 0.478. The van der Waals surface area contributed by atoms with E-state index in [4.69, 9.17) is 4.74 Å². The van der Waals surface area contributed by atoms with E-state index in [1.54, 1.807) is 0 Å². The van der Waals surface area contributed by atoms with E-state index in [9.17, 15) is 14.0 Å². The molecule has 2 aliphatic rings.